The number of benzene rings is 1. The van der Waals surface area contributed by atoms with Crippen LogP contribution < -0.4 is 5.32 Å². The predicted octanol–water partition coefficient (Wildman–Crippen LogP) is 3.52. The summed E-state index contributed by atoms with van der Waals surface area (Å²) in [5.41, 5.74) is 0.209. The van der Waals surface area contributed by atoms with E-state index in [9.17, 15) is 13.2 Å². The Morgan fingerprint density at radius 2 is 2.12 bits per heavy atom. The number of piperidine rings is 1. The lowest BCUT2D eigenvalue weighted by Crippen LogP contribution is -2.39. The number of aromatic nitrogens is 2. The summed E-state index contributed by atoms with van der Waals surface area (Å²) in [7, 11) is -3.70. The van der Waals surface area contributed by atoms with E-state index in [1.165, 1.54) is 22.5 Å². The van der Waals surface area contributed by atoms with Crippen LogP contribution in [0.4, 0.5) is 5.13 Å². The highest BCUT2D eigenvalue weighted by Gasteiger charge is 2.32. The Labute approximate surface area is 165 Å². The van der Waals surface area contributed by atoms with Crippen molar-refractivity contribution in [2.45, 2.75) is 24.1 Å². The highest BCUT2D eigenvalue weighted by Crippen LogP contribution is 2.28. The van der Waals surface area contributed by atoms with E-state index in [0.29, 0.717) is 24.0 Å². The molecule has 3 rings (SSSR count). The number of anilines is 1. The number of nitrogens with zero attached hydrogens (tertiary/aromatic N) is 3. The molecule has 1 aliphatic heterocycles. The molecule has 0 unspecified atom stereocenters. The number of nitrogens with one attached hydrogen (secondary N) is 1. The van der Waals surface area contributed by atoms with Crippen molar-refractivity contribution < 1.29 is 13.2 Å². The fraction of sp³-hybridized carbons (Fsp3) is 0.400. The van der Waals surface area contributed by atoms with Crippen LogP contribution in [0, 0.1) is 5.92 Å². The lowest BCUT2D eigenvalue weighted by molar-refractivity contribution is 0.102. The monoisotopic (exact) mass is 434 g/mol. The second-order valence-electron chi connectivity index (χ2n) is 6.06. The zero-order chi connectivity index (χ0) is 18.9. The summed E-state index contributed by atoms with van der Waals surface area (Å²) in [4.78, 5) is 12.3. The third-order valence-corrected chi connectivity index (χ3v) is 7.58. The average molecular weight is 435 g/mol. The third-order valence-electron chi connectivity index (χ3n) is 3.98. The summed E-state index contributed by atoms with van der Waals surface area (Å²) in [6.45, 7) is 2.95. The van der Waals surface area contributed by atoms with E-state index in [1.807, 2.05) is 6.92 Å². The summed E-state index contributed by atoms with van der Waals surface area (Å²) >= 11 is 12.6. The van der Waals surface area contributed by atoms with Gasteiger partial charge in [-0.05, 0) is 37.0 Å². The zero-order valence-electron chi connectivity index (χ0n) is 13.8. The Balaban J connectivity index is 1.76. The van der Waals surface area contributed by atoms with Crippen LogP contribution in [-0.4, -0.2) is 41.9 Å². The largest absolute Gasteiger partial charge is 0.296 e. The van der Waals surface area contributed by atoms with E-state index >= 15 is 0 Å². The third kappa shape index (κ3) is 4.17. The van der Waals surface area contributed by atoms with Gasteiger partial charge in [-0.2, -0.15) is 4.31 Å². The number of amides is 1. The van der Waals surface area contributed by atoms with Gasteiger partial charge in [-0.25, -0.2) is 8.42 Å². The van der Waals surface area contributed by atoms with E-state index in [1.54, 1.807) is 0 Å². The van der Waals surface area contributed by atoms with E-state index in [0.717, 1.165) is 24.2 Å². The van der Waals surface area contributed by atoms with Crippen LogP contribution in [0.3, 0.4) is 0 Å². The molecule has 2 aromatic rings. The molecule has 0 bridgehead atoms. The number of halogens is 2. The van der Waals surface area contributed by atoms with E-state index in [4.69, 9.17) is 23.2 Å². The van der Waals surface area contributed by atoms with Crippen LogP contribution in [-0.2, 0) is 10.0 Å². The normalized spacial score (nSPS) is 18.7. The van der Waals surface area contributed by atoms with Gasteiger partial charge in [0.2, 0.25) is 9.47 Å². The van der Waals surface area contributed by atoms with Crippen molar-refractivity contribution >= 4 is 55.6 Å². The minimum Gasteiger partial charge on any atom is -0.296 e. The van der Waals surface area contributed by atoms with Crippen LogP contribution in [0.25, 0.3) is 0 Å². The molecule has 1 N–H and O–H groups in total. The van der Waals surface area contributed by atoms with Gasteiger partial charge < -0.3 is 0 Å². The van der Waals surface area contributed by atoms with Gasteiger partial charge in [-0.1, -0.05) is 41.5 Å². The molecule has 1 atom stereocenters. The van der Waals surface area contributed by atoms with Gasteiger partial charge in [0.05, 0.1) is 10.6 Å². The van der Waals surface area contributed by atoms with Crippen LogP contribution in [0.5, 0.6) is 0 Å². The molecule has 1 fully saturated rings. The number of hydrogen-bond acceptors (Lipinski definition) is 6. The Morgan fingerprint density at radius 3 is 2.81 bits per heavy atom. The molecule has 140 valence electrons. The average Bonchev–Trinajstić information content (AvgIpc) is 3.04. The first-order chi connectivity index (χ1) is 12.3. The highest BCUT2D eigenvalue weighted by molar-refractivity contribution is 7.91. The standard InChI is InChI=1S/C15H16Cl2N4O3S2/c1-9-3-2-6-21(8-9)26(23,24)15-20-19-14(25-15)18-13(22)11-5-4-10(16)7-12(11)17/h4-5,7,9H,2-3,6,8H2,1H3,(H,18,19,22)/t9-/m0/s1. The number of sulfonamides is 1. The summed E-state index contributed by atoms with van der Waals surface area (Å²) in [5, 5.41) is 10.7. The topological polar surface area (TPSA) is 92.3 Å². The summed E-state index contributed by atoms with van der Waals surface area (Å²) in [6, 6.07) is 4.47. The SMILES string of the molecule is C[C@H]1CCCN(S(=O)(=O)c2nnc(NC(=O)c3ccc(Cl)cc3Cl)s2)C1. The second kappa shape index (κ2) is 7.77. The van der Waals surface area contributed by atoms with Gasteiger partial charge in [0.15, 0.2) is 0 Å². The maximum absolute atomic E-state index is 12.7. The molecule has 26 heavy (non-hydrogen) atoms. The minimum atomic E-state index is -3.70. The molecule has 11 heteroatoms. The maximum Gasteiger partial charge on any atom is 0.272 e. The van der Waals surface area contributed by atoms with E-state index in [2.05, 4.69) is 15.5 Å². The van der Waals surface area contributed by atoms with Gasteiger partial charge in [0.1, 0.15) is 0 Å². The number of carbonyl (C=O) groups is 1. The van der Waals surface area contributed by atoms with Crippen LogP contribution in [0.15, 0.2) is 22.5 Å². The van der Waals surface area contributed by atoms with Crippen LogP contribution >= 0.6 is 34.5 Å². The Morgan fingerprint density at radius 1 is 1.35 bits per heavy atom. The Bertz CT molecular complexity index is 933. The molecular formula is C15H16Cl2N4O3S2. The number of carbonyl (C=O) groups excluding carboxylic acids is 1. The Hall–Kier alpha value is -1.26. The molecule has 0 saturated carbocycles. The minimum absolute atomic E-state index is 0.0876. The molecule has 1 aromatic heterocycles. The zero-order valence-corrected chi connectivity index (χ0v) is 16.9. The van der Waals surface area contributed by atoms with E-state index in [-0.39, 0.29) is 20.1 Å². The molecule has 0 spiro atoms. The molecule has 0 radical (unpaired) electrons. The lowest BCUT2D eigenvalue weighted by Gasteiger charge is -2.28. The van der Waals surface area contributed by atoms with Crippen molar-refractivity contribution in [3.63, 3.8) is 0 Å². The second-order valence-corrected chi connectivity index (χ2v) is 9.99. The molecule has 7 nitrogen and oxygen atoms in total. The first-order valence-electron chi connectivity index (χ1n) is 7.87. The van der Waals surface area contributed by atoms with E-state index < -0.39 is 15.9 Å². The van der Waals surface area contributed by atoms with Gasteiger partial charge in [-0.3, -0.25) is 10.1 Å². The quantitative estimate of drug-likeness (QED) is 0.742. The van der Waals surface area contributed by atoms with Crippen LogP contribution in [0.1, 0.15) is 30.1 Å². The van der Waals surface area contributed by atoms with Gasteiger partial charge in [0, 0.05) is 18.1 Å². The molecule has 1 aliphatic rings. The van der Waals surface area contributed by atoms with Crippen LogP contribution in [0.2, 0.25) is 10.0 Å². The lowest BCUT2D eigenvalue weighted by atomic mass is 10.0. The molecular weight excluding hydrogens is 419 g/mol. The molecule has 1 amide bonds. The molecule has 1 saturated heterocycles. The van der Waals surface area contributed by atoms with Gasteiger partial charge >= 0.3 is 0 Å². The summed E-state index contributed by atoms with van der Waals surface area (Å²) in [5.74, 6) is -0.212. The van der Waals surface area contributed by atoms with Gasteiger partial charge in [-0.15, -0.1) is 10.2 Å². The van der Waals surface area contributed by atoms with Crippen molar-refractivity contribution in [1.29, 1.82) is 0 Å². The first-order valence-corrected chi connectivity index (χ1v) is 10.9. The molecule has 2 heterocycles. The van der Waals surface area contributed by atoms with Crippen molar-refractivity contribution in [3.05, 3.63) is 33.8 Å². The van der Waals surface area contributed by atoms with Crippen molar-refractivity contribution in [1.82, 2.24) is 14.5 Å². The maximum atomic E-state index is 12.7. The fourth-order valence-electron chi connectivity index (χ4n) is 2.68. The fourth-order valence-corrected chi connectivity index (χ4v) is 5.80. The van der Waals surface area contributed by atoms with Gasteiger partial charge in [0.25, 0.3) is 15.9 Å². The smallest absolute Gasteiger partial charge is 0.272 e. The first kappa shape index (κ1) is 19.5. The molecule has 1 aromatic carbocycles. The predicted molar refractivity (Wildman–Crippen MR) is 101 cm³/mol. The highest BCUT2D eigenvalue weighted by atomic mass is 35.5. The van der Waals surface area contributed by atoms with Crippen molar-refractivity contribution in [3.8, 4) is 0 Å². The van der Waals surface area contributed by atoms with Crippen molar-refractivity contribution in [2.24, 2.45) is 5.92 Å². The number of rotatable bonds is 4. The Kier molecular flexibility index (Phi) is 5.83. The number of hydrogen-bond donors (Lipinski definition) is 1. The molecule has 0 aliphatic carbocycles. The summed E-state index contributed by atoms with van der Waals surface area (Å²) in [6.07, 6.45) is 1.82. The van der Waals surface area contributed by atoms with Crippen molar-refractivity contribution in [2.75, 3.05) is 18.4 Å². The summed E-state index contributed by atoms with van der Waals surface area (Å²) < 4.78 is 26.6.